The van der Waals surface area contributed by atoms with Crippen LogP contribution in [0.5, 0.6) is 0 Å². The zero-order chi connectivity index (χ0) is 15.0. The second kappa shape index (κ2) is 5.80. The number of rotatable bonds is 3. The Kier molecular flexibility index (Phi) is 4.03. The van der Waals surface area contributed by atoms with Crippen LogP contribution in [0.4, 0.5) is 4.39 Å². The number of piperidine rings is 1. The van der Waals surface area contributed by atoms with Crippen LogP contribution < -0.4 is 0 Å². The molecule has 1 aliphatic rings. The highest BCUT2D eigenvalue weighted by Gasteiger charge is 2.22. The third kappa shape index (κ3) is 2.84. The second-order valence-corrected chi connectivity index (χ2v) is 6.67. The maximum absolute atomic E-state index is 13.5. The summed E-state index contributed by atoms with van der Waals surface area (Å²) in [7, 11) is 2.23. The maximum atomic E-state index is 13.5. The van der Waals surface area contributed by atoms with Gasteiger partial charge in [-0.25, -0.2) is 4.39 Å². The van der Waals surface area contributed by atoms with Crippen molar-refractivity contribution < 1.29 is 4.39 Å². The molecule has 1 saturated heterocycles. The fourth-order valence-corrected chi connectivity index (χ4v) is 3.53. The summed E-state index contributed by atoms with van der Waals surface area (Å²) >= 11 is 0. The summed E-state index contributed by atoms with van der Waals surface area (Å²) in [6.07, 6.45) is 3.89. The first-order valence-corrected chi connectivity index (χ1v) is 8.05. The summed E-state index contributed by atoms with van der Waals surface area (Å²) in [6, 6.07) is 7.91. The number of nitrogens with zero attached hydrogens (tertiary/aromatic N) is 2. The molecule has 21 heavy (non-hydrogen) atoms. The Bertz CT molecular complexity index is 629. The SMILES string of the molecule is CC(C)c1cc2cc(F)ccc2n1CC1CCCCN1C. The smallest absolute Gasteiger partial charge is 0.123 e. The van der Waals surface area contributed by atoms with Crippen molar-refractivity contribution in [2.24, 2.45) is 0 Å². The van der Waals surface area contributed by atoms with E-state index in [1.165, 1.54) is 37.0 Å². The molecular formula is C18H25FN2. The van der Waals surface area contributed by atoms with Gasteiger partial charge in [0.1, 0.15) is 5.82 Å². The lowest BCUT2D eigenvalue weighted by Gasteiger charge is -2.33. The van der Waals surface area contributed by atoms with Crippen molar-refractivity contribution in [3.8, 4) is 0 Å². The third-order valence-corrected chi connectivity index (χ3v) is 4.80. The predicted molar refractivity (Wildman–Crippen MR) is 86.3 cm³/mol. The van der Waals surface area contributed by atoms with Crippen molar-refractivity contribution in [2.45, 2.75) is 51.6 Å². The highest BCUT2D eigenvalue weighted by atomic mass is 19.1. The molecule has 3 rings (SSSR count). The Morgan fingerprint density at radius 3 is 2.76 bits per heavy atom. The standard InChI is InChI=1S/C18H25FN2/c1-13(2)18-11-14-10-15(19)7-8-17(14)21(18)12-16-6-4-5-9-20(16)3/h7-8,10-11,13,16H,4-6,9,12H2,1-3H3. The summed E-state index contributed by atoms with van der Waals surface area (Å²) in [5.74, 6) is 0.305. The van der Waals surface area contributed by atoms with Crippen LogP contribution in [0.15, 0.2) is 24.3 Å². The van der Waals surface area contributed by atoms with E-state index < -0.39 is 0 Å². The summed E-state index contributed by atoms with van der Waals surface area (Å²) in [5.41, 5.74) is 2.48. The molecule has 0 saturated carbocycles. The molecule has 0 bridgehead atoms. The number of aromatic nitrogens is 1. The lowest BCUT2D eigenvalue weighted by atomic mass is 10.0. The van der Waals surface area contributed by atoms with Crippen LogP contribution in [0, 0.1) is 5.82 Å². The van der Waals surface area contributed by atoms with Gasteiger partial charge < -0.3 is 9.47 Å². The summed E-state index contributed by atoms with van der Waals surface area (Å²) in [4.78, 5) is 2.48. The van der Waals surface area contributed by atoms with Gasteiger partial charge in [-0.05, 0) is 56.6 Å². The highest BCUT2D eigenvalue weighted by molar-refractivity contribution is 5.81. The van der Waals surface area contributed by atoms with E-state index in [1.54, 1.807) is 12.1 Å². The first-order valence-electron chi connectivity index (χ1n) is 8.05. The minimum absolute atomic E-state index is 0.148. The van der Waals surface area contributed by atoms with Gasteiger partial charge in [-0.3, -0.25) is 0 Å². The molecule has 1 atom stereocenters. The van der Waals surface area contributed by atoms with E-state index >= 15 is 0 Å². The van der Waals surface area contributed by atoms with Crippen LogP contribution in [0.25, 0.3) is 10.9 Å². The monoisotopic (exact) mass is 288 g/mol. The maximum Gasteiger partial charge on any atom is 0.123 e. The number of fused-ring (bicyclic) bond motifs is 1. The van der Waals surface area contributed by atoms with Crippen molar-refractivity contribution >= 4 is 10.9 Å². The Hall–Kier alpha value is -1.35. The lowest BCUT2D eigenvalue weighted by Crippen LogP contribution is -2.39. The molecule has 1 aromatic heterocycles. The average Bonchev–Trinajstić information content (AvgIpc) is 2.79. The molecule has 0 spiro atoms. The topological polar surface area (TPSA) is 8.17 Å². The van der Waals surface area contributed by atoms with Gasteiger partial charge in [0.25, 0.3) is 0 Å². The Morgan fingerprint density at radius 2 is 2.05 bits per heavy atom. The average molecular weight is 288 g/mol. The fraction of sp³-hybridized carbons (Fsp3) is 0.556. The quantitative estimate of drug-likeness (QED) is 0.813. The normalized spacial score (nSPS) is 20.5. The largest absolute Gasteiger partial charge is 0.343 e. The van der Waals surface area contributed by atoms with Crippen LogP contribution in [0.3, 0.4) is 0 Å². The molecule has 1 aromatic carbocycles. The molecule has 3 heteroatoms. The molecule has 0 amide bonds. The Balaban J connectivity index is 2.00. The second-order valence-electron chi connectivity index (χ2n) is 6.67. The number of hydrogen-bond acceptors (Lipinski definition) is 1. The minimum atomic E-state index is -0.148. The molecule has 0 N–H and O–H groups in total. The third-order valence-electron chi connectivity index (χ3n) is 4.80. The van der Waals surface area contributed by atoms with Crippen LogP contribution in [-0.2, 0) is 6.54 Å². The van der Waals surface area contributed by atoms with E-state index in [9.17, 15) is 4.39 Å². The molecular weight excluding hydrogens is 263 g/mol. The van der Waals surface area contributed by atoms with E-state index in [0.717, 1.165) is 11.9 Å². The molecule has 0 aliphatic carbocycles. The number of hydrogen-bond donors (Lipinski definition) is 0. The first kappa shape index (κ1) is 14.6. The molecule has 1 fully saturated rings. The van der Waals surface area contributed by atoms with Gasteiger partial charge in [0.2, 0.25) is 0 Å². The number of benzene rings is 1. The highest BCUT2D eigenvalue weighted by Crippen LogP contribution is 2.28. The van der Waals surface area contributed by atoms with Crippen LogP contribution in [0.1, 0.15) is 44.7 Å². The molecule has 2 aromatic rings. The molecule has 2 nitrogen and oxygen atoms in total. The van der Waals surface area contributed by atoms with Crippen molar-refractivity contribution in [2.75, 3.05) is 13.6 Å². The van der Waals surface area contributed by atoms with E-state index in [2.05, 4.69) is 36.4 Å². The van der Waals surface area contributed by atoms with Crippen LogP contribution >= 0.6 is 0 Å². The molecule has 114 valence electrons. The first-order chi connectivity index (χ1) is 10.1. The number of halogens is 1. The molecule has 1 aliphatic heterocycles. The minimum Gasteiger partial charge on any atom is -0.343 e. The molecule has 2 heterocycles. The Labute approximate surface area is 126 Å². The van der Waals surface area contributed by atoms with Gasteiger partial charge in [-0.1, -0.05) is 20.3 Å². The van der Waals surface area contributed by atoms with Crippen molar-refractivity contribution in [3.05, 3.63) is 35.8 Å². The van der Waals surface area contributed by atoms with Gasteiger partial charge in [-0.2, -0.15) is 0 Å². The van der Waals surface area contributed by atoms with Gasteiger partial charge in [-0.15, -0.1) is 0 Å². The molecule has 1 unspecified atom stereocenters. The van der Waals surface area contributed by atoms with Crippen LogP contribution in [-0.4, -0.2) is 29.1 Å². The van der Waals surface area contributed by atoms with Gasteiger partial charge >= 0.3 is 0 Å². The van der Waals surface area contributed by atoms with Crippen molar-refractivity contribution in [1.29, 1.82) is 0 Å². The fourth-order valence-electron chi connectivity index (χ4n) is 3.53. The van der Waals surface area contributed by atoms with Crippen molar-refractivity contribution in [3.63, 3.8) is 0 Å². The van der Waals surface area contributed by atoms with Gasteiger partial charge in [0.15, 0.2) is 0 Å². The zero-order valence-corrected chi connectivity index (χ0v) is 13.3. The van der Waals surface area contributed by atoms with Crippen molar-refractivity contribution in [1.82, 2.24) is 9.47 Å². The summed E-state index contributed by atoms with van der Waals surface area (Å²) in [6.45, 7) is 6.63. The Morgan fingerprint density at radius 1 is 1.24 bits per heavy atom. The van der Waals surface area contributed by atoms with Crippen LogP contribution in [0.2, 0.25) is 0 Å². The summed E-state index contributed by atoms with van der Waals surface area (Å²) < 4.78 is 15.9. The number of likely N-dealkylation sites (tertiary alicyclic amines) is 1. The number of likely N-dealkylation sites (N-methyl/N-ethyl adjacent to an activating group) is 1. The van der Waals surface area contributed by atoms with E-state index in [1.807, 2.05) is 6.07 Å². The van der Waals surface area contributed by atoms with Gasteiger partial charge in [0, 0.05) is 29.2 Å². The molecule has 0 radical (unpaired) electrons. The van der Waals surface area contributed by atoms with E-state index in [0.29, 0.717) is 12.0 Å². The van der Waals surface area contributed by atoms with E-state index in [4.69, 9.17) is 0 Å². The predicted octanol–water partition coefficient (Wildman–Crippen LogP) is 4.39. The zero-order valence-electron chi connectivity index (χ0n) is 13.3. The lowest BCUT2D eigenvalue weighted by molar-refractivity contribution is 0.167. The van der Waals surface area contributed by atoms with Gasteiger partial charge in [0.05, 0.1) is 0 Å². The van der Waals surface area contributed by atoms with E-state index in [-0.39, 0.29) is 5.82 Å². The summed E-state index contributed by atoms with van der Waals surface area (Å²) in [5, 5.41) is 1.03.